The predicted octanol–water partition coefficient (Wildman–Crippen LogP) is 8.73. The number of alkyl halides is 3. The van der Waals surface area contributed by atoms with Gasteiger partial charge in [-0.2, -0.15) is 0 Å². The molecule has 1 aromatic carbocycles. The average Bonchev–Trinajstić information content (AvgIpc) is 2.68. The van der Waals surface area contributed by atoms with E-state index < -0.39 is 0 Å². The molecular weight excluding hydrogens is 393 g/mol. The molecule has 0 saturated carbocycles. The normalized spacial score (nSPS) is 12.3. The molecule has 1 aromatic rings. The van der Waals surface area contributed by atoms with Crippen molar-refractivity contribution in [2.24, 2.45) is 0 Å². The summed E-state index contributed by atoms with van der Waals surface area (Å²) < 4.78 is 0. The maximum absolute atomic E-state index is 5.89. The van der Waals surface area contributed by atoms with E-state index in [4.69, 9.17) is 34.8 Å². The van der Waals surface area contributed by atoms with Crippen molar-refractivity contribution in [3.8, 4) is 0 Å². The first-order valence-corrected chi connectivity index (χ1v) is 12.6. The number of rotatable bonds is 17. The fraction of sp³-hybridized carbons (Fsp3) is 0.739. The van der Waals surface area contributed by atoms with E-state index in [9.17, 15) is 0 Å². The maximum atomic E-state index is 5.89. The van der Waals surface area contributed by atoms with Crippen LogP contribution in [0.15, 0.2) is 24.3 Å². The molecule has 1 unspecified atom stereocenters. The smallest absolute Gasteiger partial charge is 0.127 e. The van der Waals surface area contributed by atoms with Crippen molar-refractivity contribution in [3.63, 3.8) is 0 Å². The van der Waals surface area contributed by atoms with E-state index in [-0.39, 0.29) is 0 Å². The number of hydrogen-bond acceptors (Lipinski definition) is 0. The Morgan fingerprint density at radius 1 is 0.667 bits per heavy atom. The van der Waals surface area contributed by atoms with Gasteiger partial charge in [0.15, 0.2) is 0 Å². The average molecular weight is 432 g/mol. The lowest BCUT2D eigenvalue weighted by Gasteiger charge is -2.26. The van der Waals surface area contributed by atoms with Crippen LogP contribution in [0.3, 0.4) is 0 Å². The van der Waals surface area contributed by atoms with Gasteiger partial charge in [-0.15, -0.1) is 34.8 Å². The van der Waals surface area contributed by atoms with Gasteiger partial charge in [0.2, 0.25) is 0 Å². The number of halogens is 3. The van der Waals surface area contributed by atoms with Gasteiger partial charge in [0.1, 0.15) is 6.71 Å². The SMILES string of the molecule is Cc1ccc(C(CCCCCCl)B(CCCCCCl)CCCCCCl)cc1. The second-order valence-corrected chi connectivity index (χ2v) is 9.03. The number of aryl methyl sites for hydroxylation is 1. The summed E-state index contributed by atoms with van der Waals surface area (Å²) in [4.78, 5) is 0. The molecule has 0 saturated heterocycles. The second-order valence-electron chi connectivity index (χ2n) is 7.89. The van der Waals surface area contributed by atoms with Crippen LogP contribution >= 0.6 is 34.8 Å². The molecule has 0 nitrogen and oxygen atoms in total. The molecule has 0 radical (unpaired) electrons. The molecule has 27 heavy (non-hydrogen) atoms. The summed E-state index contributed by atoms with van der Waals surface area (Å²) >= 11 is 17.7. The Bertz CT molecular complexity index is 437. The van der Waals surface area contributed by atoms with Gasteiger partial charge in [0.25, 0.3) is 0 Å². The highest BCUT2D eigenvalue weighted by molar-refractivity contribution is 6.60. The number of hydrogen-bond donors (Lipinski definition) is 0. The lowest BCUT2D eigenvalue weighted by molar-refractivity contribution is 0.639. The molecule has 1 rings (SSSR count). The quantitative estimate of drug-likeness (QED) is 0.131. The highest BCUT2D eigenvalue weighted by Crippen LogP contribution is 2.32. The molecule has 0 spiro atoms. The van der Waals surface area contributed by atoms with E-state index in [1.54, 1.807) is 0 Å². The maximum Gasteiger partial charge on any atom is 0.148 e. The van der Waals surface area contributed by atoms with Gasteiger partial charge in [-0.25, -0.2) is 0 Å². The Labute approximate surface area is 183 Å². The molecule has 1 atom stereocenters. The minimum Gasteiger partial charge on any atom is -0.127 e. The van der Waals surface area contributed by atoms with E-state index in [1.807, 2.05) is 0 Å². The lowest BCUT2D eigenvalue weighted by Crippen LogP contribution is -2.24. The summed E-state index contributed by atoms with van der Waals surface area (Å²) in [6, 6.07) is 9.29. The third-order valence-electron chi connectivity index (χ3n) is 5.64. The van der Waals surface area contributed by atoms with Crippen LogP contribution < -0.4 is 0 Å². The van der Waals surface area contributed by atoms with Crippen molar-refractivity contribution in [2.75, 3.05) is 17.6 Å². The van der Waals surface area contributed by atoms with Gasteiger partial charge in [-0.1, -0.05) is 93.0 Å². The summed E-state index contributed by atoms with van der Waals surface area (Å²) in [6.45, 7) is 2.95. The van der Waals surface area contributed by atoms with Crippen molar-refractivity contribution in [2.45, 2.75) is 89.6 Å². The largest absolute Gasteiger partial charge is 0.148 e. The van der Waals surface area contributed by atoms with Crippen LogP contribution in [0.2, 0.25) is 12.6 Å². The van der Waals surface area contributed by atoms with Crippen LogP contribution in [0, 0.1) is 6.92 Å². The number of benzene rings is 1. The third kappa shape index (κ3) is 11.7. The molecule has 0 aliphatic carbocycles. The molecule has 0 aliphatic heterocycles. The Morgan fingerprint density at radius 2 is 1.15 bits per heavy atom. The summed E-state index contributed by atoms with van der Waals surface area (Å²) in [5, 5.41) is 0. The van der Waals surface area contributed by atoms with E-state index in [0.29, 0.717) is 5.82 Å². The highest BCUT2D eigenvalue weighted by Gasteiger charge is 2.25. The van der Waals surface area contributed by atoms with Crippen LogP contribution in [0.5, 0.6) is 0 Å². The number of unbranched alkanes of at least 4 members (excludes halogenated alkanes) is 6. The monoisotopic (exact) mass is 430 g/mol. The molecule has 0 fully saturated rings. The molecule has 0 N–H and O–H groups in total. The molecule has 0 aliphatic rings. The zero-order chi connectivity index (χ0) is 19.7. The summed E-state index contributed by atoms with van der Waals surface area (Å²) in [6.07, 6.45) is 15.0. The summed E-state index contributed by atoms with van der Waals surface area (Å²) in [5.74, 6) is 3.04. The van der Waals surface area contributed by atoms with Crippen LogP contribution in [0.25, 0.3) is 0 Å². The van der Waals surface area contributed by atoms with Crippen molar-refractivity contribution >= 4 is 41.5 Å². The molecule has 0 heterocycles. The topological polar surface area (TPSA) is 0 Å². The summed E-state index contributed by atoms with van der Waals surface area (Å²) in [5.41, 5.74) is 2.88. The van der Waals surface area contributed by atoms with Crippen molar-refractivity contribution in [3.05, 3.63) is 35.4 Å². The van der Waals surface area contributed by atoms with E-state index in [2.05, 4.69) is 31.2 Å². The van der Waals surface area contributed by atoms with E-state index >= 15 is 0 Å². The molecule has 0 bridgehead atoms. The zero-order valence-electron chi connectivity index (χ0n) is 17.2. The van der Waals surface area contributed by atoms with Gasteiger partial charge >= 0.3 is 0 Å². The Hall–Kier alpha value is 0.155. The van der Waals surface area contributed by atoms with Crippen molar-refractivity contribution < 1.29 is 0 Å². The van der Waals surface area contributed by atoms with Gasteiger partial charge in [-0.3, -0.25) is 0 Å². The van der Waals surface area contributed by atoms with Crippen LogP contribution in [-0.2, 0) is 0 Å². The van der Waals surface area contributed by atoms with Crippen LogP contribution in [0.4, 0.5) is 0 Å². The van der Waals surface area contributed by atoms with E-state index in [1.165, 1.54) is 68.7 Å². The van der Waals surface area contributed by atoms with Gasteiger partial charge in [0, 0.05) is 17.6 Å². The van der Waals surface area contributed by atoms with E-state index in [0.717, 1.165) is 43.6 Å². The highest BCUT2D eigenvalue weighted by atomic mass is 35.5. The minimum atomic E-state index is 0.674. The molecule has 0 aromatic heterocycles. The Morgan fingerprint density at radius 3 is 1.63 bits per heavy atom. The minimum absolute atomic E-state index is 0.674. The first-order chi connectivity index (χ1) is 13.2. The predicted molar refractivity (Wildman–Crippen MR) is 128 cm³/mol. The fourth-order valence-electron chi connectivity index (χ4n) is 4.03. The van der Waals surface area contributed by atoms with Gasteiger partial charge < -0.3 is 0 Å². The summed E-state index contributed by atoms with van der Waals surface area (Å²) in [7, 11) is 0. The first kappa shape index (κ1) is 25.2. The van der Waals surface area contributed by atoms with Gasteiger partial charge in [-0.05, 0) is 32.0 Å². The zero-order valence-corrected chi connectivity index (χ0v) is 19.5. The van der Waals surface area contributed by atoms with Gasteiger partial charge in [0.05, 0.1) is 0 Å². The third-order valence-corrected chi connectivity index (χ3v) is 6.44. The molecule has 154 valence electrons. The molecular formula is C23H38BCl3. The Balaban J connectivity index is 2.78. The molecule has 4 heteroatoms. The fourth-order valence-corrected chi connectivity index (χ4v) is 4.59. The lowest BCUT2D eigenvalue weighted by atomic mass is 9.34. The second kappa shape index (κ2) is 17.1. The van der Waals surface area contributed by atoms with Crippen LogP contribution in [0.1, 0.15) is 81.2 Å². The Kier molecular flexibility index (Phi) is 15.9. The standard InChI is InChI=1S/C23H38BCl3/c1-21-12-14-22(15-13-21)23(11-5-2-8-18-25)24(16-6-3-9-19-26)17-7-4-10-20-27/h12-15,23H,2-11,16-20H2,1H3. The molecule has 0 amide bonds. The van der Waals surface area contributed by atoms with Crippen molar-refractivity contribution in [1.29, 1.82) is 0 Å². The first-order valence-electron chi connectivity index (χ1n) is 11.0. The van der Waals surface area contributed by atoms with Crippen molar-refractivity contribution in [1.82, 2.24) is 0 Å². The van der Waals surface area contributed by atoms with Crippen LogP contribution in [-0.4, -0.2) is 24.4 Å².